The van der Waals surface area contributed by atoms with Crippen LogP contribution in [-0.4, -0.2) is 28.1 Å². The third-order valence-electron chi connectivity index (χ3n) is 2.91. The number of fused-ring (bicyclic) bond motifs is 1. The standard InChI is InChI=1S/C14H19FN2O2/c1-14(2,3)19-13(18)17-5-4-11-6-10(7-15)8-16-12(11)9-17/h6,8H,4-5,7,9H2,1-3H3. The molecule has 2 heterocycles. The van der Waals surface area contributed by atoms with Gasteiger partial charge in [-0.1, -0.05) is 0 Å². The SMILES string of the molecule is CC(C)(C)OC(=O)N1CCc2cc(CF)cnc2C1. The molecular weight excluding hydrogens is 247 g/mol. The zero-order valence-corrected chi connectivity index (χ0v) is 11.6. The molecule has 0 aliphatic carbocycles. The largest absolute Gasteiger partial charge is 0.444 e. The second kappa shape index (κ2) is 5.15. The van der Waals surface area contributed by atoms with Crippen LogP contribution in [0.5, 0.6) is 0 Å². The fraction of sp³-hybridized carbons (Fsp3) is 0.571. The van der Waals surface area contributed by atoms with Gasteiger partial charge in [0.1, 0.15) is 12.3 Å². The molecule has 0 radical (unpaired) electrons. The molecule has 0 N–H and O–H groups in total. The number of carbonyl (C=O) groups is 1. The van der Waals surface area contributed by atoms with Gasteiger partial charge < -0.3 is 9.64 Å². The zero-order chi connectivity index (χ0) is 14.0. The molecule has 0 saturated heterocycles. The lowest BCUT2D eigenvalue weighted by molar-refractivity contribution is 0.0221. The summed E-state index contributed by atoms with van der Waals surface area (Å²) in [4.78, 5) is 17.8. The number of carbonyl (C=O) groups excluding carboxylic acids is 1. The molecule has 4 nitrogen and oxygen atoms in total. The van der Waals surface area contributed by atoms with Gasteiger partial charge in [0.15, 0.2) is 0 Å². The number of alkyl halides is 1. The minimum Gasteiger partial charge on any atom is -0.444 e. The molecule has 0 aromatic carbocycles. The molecule has 1 amide bonds. The molecule has 19 heavy (non-hydrogen) atoms. The third-order valence-corrected chi connectivity index (χ3v) is 2.91. The van der Waals surface area contributed by atoms with Gasteiger partial charge in [-0.15, -0.1) is 0 Å². The second-order valence-electron chi connectivity index (χ2n) is 5.73. The van der Waals surface area contributed by atoms with Gasteiger partial charge in [-0.3, -0.25) is 4.98 Å². The summed E-state index contributed by atoms with van der Waals surface area (Å²) in [5, 5.41) is 0. The van der Waals surface area contributed by atoms with E-state index in [1.807, 2.05) is 26.8 Å². The van der Waals surface area contributed by atoms with Crippen molar-refractivity contribution >= 4 is 6.09 Å². The number of pyridine rings is 1. The van der Waals surface area contributed by atoms with Crippen LogP contribution in [0.3, 0.4) is 0 Å². The Balaban J connectivity index is 2.08. The summed E-state index contributed by atoms with van der Waals surface area (Å²) in [6.45, 7) is 6.03. The number of halogens is 1. The van der Waals surface area contributed by atoms with Crippen molar-refractivity contribution in [1.29, 1.82) is 0 Å². The maximum Gasteiger partial charge on any atom is 0.410 e. The predicted octanol–water partition coefficient (Wildman–Crippen LogP) is 2.84. The van der Waals surface area contributed by atoms with Crippen molar-refractivity contribution in [2.24, 2.45) is 0 Å². The van der Waals surface area contributed by atoms with Crippen molar-refractivity contribution in [2.75, 3.05) is 6.54 Å². The van der Waals surface area contributed by atoms with Crippen molar-refractivity contribution in [3.05, 3.63) is 29.1 Å². The van der Waals surface area contributed by atoms with Crippen LogP contribution in [0, 0.1) is 0 Å². The summed E-state index contributed by atoms with van der Waals surface area (Å²) in [5.74, 6) is 0. The van der Waals surface area contributed by atoms with Gasteiger partial charge in [0, 0.05) is 18.3 Å². The molecule has 104 valence electrons. The first kappa shape index (κ1) is 13.8. The van der Waals surface area contributed by atoms with Crippen molar-refractivity contribution in [2.45, 2.75) is 46.0 Å². The maximum atomic E-state index is 12.6. The fourth-order valence-corrected chi connectivity index (χ4v) is 2.02. The highest BCUT2D eigenvalue weighted by Crippen LogP contribution is 2.20. The van der Waals surface area contributed by atoms with Gasteiger partial charge in [0.2, 0.25) is 0 Å². The van der Waals surface area contributed by atoms with Gasteiger partial charge in [-0.05, 0) is 38.8 Å². The van der Waals surface area contributed by atoms with Crippen LogP contribution in [0.1, 0.15) is 37.6 Å². The summed E-state index contributed by atoms with van der Waals surface area (Å²) >= 11 is 0. The molecule has 1 aliphatic heterocycles. The van der Waals surface area contributed by atoms with Crippen LogP contribution in [0.2, 0.25) is 0 Å². The van der Waals surface area contributed by atoms with Gasteiger partial charge in [-0.25, -0.2) is 9.18 Å². The Hall–Kier alpha value is -1.65. The van der Waals surface area contributed by atoms with Crippen molar-refractivity contribution in [3.8, 4) is 0 Å². The lowest BCUT2D eigenvalue weighted by Gasteiger charge is -2.30. The maximum absolute atomic E-state index is 12.6. The molecule has 1 aliphatic rings. The summed E-state index contributed by atoms with van der Waals surface area (Å²) in [6.07, 6.45) is 1.89. The predicted molar refractivity (Wildman–Crippen MR) is 69.4 cm³/mol. The van der Waals surface area contributed by atoms with Gasteiger partial charge in [-0.2, -0.15) is 0 Å². The van der Waals surface area contributed by atoms with Gasteiger partial charge in [0.05, 0.1) is 12.2 Å². The number of amides is 1. The average molecular weight is 266 g/mol. The third kappa shape index (κ3) is 3.43. The Kier molecular flexibility index (Phi) is 3.73. The van der Waals surface area contributed by atoms with Crippen molar-refractivity contribution in [3.63, 3.8) is 0 Å². The van der Waals surface area contributed by atoms with E-state index in [9.17, 15) is 9.18 Å². The Bertz CT molecular complexity index is 483. The Morgan fingerprint density at radius 1 is 1.53 bits per heavy atom. The first-order valence-corrected chi connectivity index (χ1v) is 6.39. The van der Waals surface area contributed by atoms with E-state index in [1.165, 1.54) is 6.20 Å². The van der Waals surface area contributed by atoms with Crippen molar-refractivity contribution in [1.82, 2.24) is 9.88 Å². The highest BCUT2D eigenvalue weighted by Gasteiger charge is 2.26. The topological polar surface area (TPSA) is 42.4 Å². The molecule has 0 spiro atoms. The number of ether oxygens (including phenoxy) is 1. The summed E-state index contributed by atoms with van der Waals surface area (Å²) < 4.78 is 17.9. The number of aromatic nitrogens is 1. The summed E-state index contributed by atoms with van der Waals surface area (Å²) in [5.41, 5.74) is 1.94. The van der Waals surface area contributed by atoms with E-state index >= 15 is 0 Å². The van der Waals surface area contributed by atoms with Gasteiger partial charge >= 0.3 is 6.09 Å². The van der Waals surface area contributed by atoms with E-state index in [-0.39, 0.29) is 6.09 Å². The Morgan fingerprint density at radius 2 is 2.26 bits per heavy atom. The number of rotatable bonds is 1. The molecule has 1 aromatic heterocycles. The molecule has 0 bridgehead atoms. The van der Waals surface area contributed by atoms with E-state index in [1.54, 1.807) is 4.90 Å². The smallest absolute Gasteiger partial charge is 0.410 e. The second-order valence-corrected chi connectivity index (χ2v) is 5.73. The number of hydrogen-bond donors (Lipinski definition) is 0. The normalized spacial score (nSPS) is 15.1. The van der Waals surface area contributed by atoms with Crippen LogP contribution in [0.4, 0.5) is 9.18 Å². The lowest BCUT2D eigenvalue weighted by Crippen LogP contribution is -2.40. The summed E-state index contributed by atoms with van der Waals surface area (Å²) in [6, 6.07) is 1.83. The van der Waals surface area contributed by atoms with Crippen LogP contribution in [0.25, 0.3) is 0 Å². The minimum atomic E-state index is -0.504. The highest BCUT2D eigenvalue weighted by molar-refractivity contribution is 5.68. The minimum absolute atomic E-state index is 0.325. The van der Waals surface area contributed by atoms with Gasteiger partial charge in [0.25, 0.3) is 0 Å². The first-order chi connectivity index (χ1) is 8.89. The Morgan fingerprint density at radius 3 is 2.89 bits per heavy atom. The van der Waals surface area contributed by atoms with Crippen LogP contribution >= 0.6 is 0 Å². The van der Waals surface area contributed by atoms with Crippen LogP contribution in [0.15, 0.2) is 12.3 Å². The van der Waals surface area contributed by atoms with Crippen LogP contribution in [-0.2, 0) is 24.4 Å². The molecule has 0 saturated carbocycles. The lowest BCUT2D eigenvalue weighted by atomic mass is 10.0. The quantitative estimate of drug-likeness (QED) is 0.785. The average Bonchev–Trinajstić information content (AvgIpc) is 2.35. The van der Waals surface area contributed by atoms with E-state index < -0.39 is 12.3 Å². The monoisotopic (exact) mass is 266 g/mol. The highest BCUT2D eigenvalue weighted by atomic mass is 19.1. The first-order valence-electron chi connectivity index (χ1n) is 6.39. The number of hydrogen-bond acceptors (Lipinski definition) is 3. The van der Waals surface area contributed by atoms with Crippen LogP contribution < -0.4 is 0 Å². The fourth-order valence-electron chi connectivity index (χ4n) is 2.02. The molecule has 0 fully saturated rings. The molecule has 1 aromatic rings. The number of nitrogens with zero attached hydrogens (tertiary/aromatic N) is 2. The Labute approximate surface area is 112 Å². The van der Waals surface area contributed by atoms with E-state index in [4.69, 9.17) is 4.74 Å². The molecule has 0 unspecified atom stereocenters. The molecule has 5 heteroatoms. The molecular formula is C14H19FN2O2. The van der Waals surface area contributed by atoms with E-state index in [0.29, 0.717) is 25.1 Å². The van der Waals surface area contributed by atoms with E-state index in [2.05, 4.69) is 4.98 Å². The summed E-state index contributed by atoms with van der Waals surface area (Å²) in [7, 11) is 0. The van der Waals surface area contributed by atoms with E-state index in [0.717, 1.165) is 11.3 Å². The molecule has 2 rings (SSSR count). The zero-order valence-electron chi connectivity index (χ0n) is 11.6. The van der Waals surface area contributed by atoms with Crippen molar-refractivity contribution < 1.29 is 13.9 Å². The molecule has 0 atom stereocenters.